The summed E-state index contributed by atoms with van der Waals surface area (Å²) in [5, 5.41) is 2.54. The summed E-state index contributed by atoms with van der Waals surface area (Å²) >= 11 is 0. The van der Waals surface area contributed by atoms with Crippen molar-refractivity contribution in [3.05, 3.63) is 29.8 Å². The van der Waals surface area contributed by atoms with Crippen molar-refractivity contribution in [3.63, 3.8) is 0 Å². The first-order valence-corrected chi connectivity index (χ1v) is 10.4. The van der Waals surface area contributed by atoms with Gasteiger partial charge in [0.2, 0.25) is 5.91 Å². The van der Waals surface area contributed by atoms with Gasteiger partial charge in [0.05, 0.1) is 13.7 Å². The molecule has 0 aromatic heterocycles. The van der Waals surface area contributed by atoms with E-state index in [2.05, 4.69) is 16.2 Å². The van der Waals surface area contributed by atoms with Gasteiger partial charge in [-0.05, 0) is 86.0 Å². The second-order valence-corrected chi connectivity index (χ2v) is 9.10. The van der Waals surface area contributed by atoms with Crippen molar-refractivity contribution in [1.82, 2.24) is 16.2 Å². The molecule has 3 N–H and O–H groups in total. The normalized spacial score (nSPS) is 29.2. The van der Waals surface area contributed by atoms with Crippen LogP contribution in [0.5, 0.6) is 5.75 Å². The smallest absolute Gasteiger partial charge is 0.257 e. The fourth-order valence-electron chi connectivity index (χ4n) is 6.08. The number of carbonyl (C=O) groups excluding carboxylic acids is 3. The topological polar surface area (TPSA) is 96.5 Å². The van der Waals surface area contributed by atoms with E-state index < -0.39 is 5.91 Å². The molecule has 29 heavy (non-hydrogen) atoms. The lowest BCUT2D eigenvalue weighted by Crippen LogP contribution is -2.51. The summed E-state index contributed by atoms with van der Waals surface area (Å²) in [6.07, 6.45) is 7.95. The van der Waals surface area contributed by atoms with E-state index in [0.717, 1.165) is 37.0 Å². The average molecular weight is 399 g/mol. The van der Waals surface area contributed by atoms with Gasteiger partial charge < -0.3 is 10.1 Å². The fourth-order valence-corrected chi connectivity index (χ4v) is 6.08. The number of hydrazine groups is 1. The van der Waals surface area contributed by atoms with Crippen molar-refractivity contribution in [2.45, 2.75) is 44.9 Å². The predicted octanol–water partition coefficient (Wildman–Crippen LogP) is 2.18. The van der Waals surface area contributed by atoms with Gasteiger partial charge in [0.15, 0.2) is 0 Å². The summed E-state index contributed by atoms with van der Waals surface area (Å²) in [6.45, 7) is -0.206. The summed E-state index contributed by atoms with van der Waals surface area (Å²) in [4.78, 5) is 36.5. The number of rotatable bonds is 6. The minimum absolute atomic E-state index is 0.131. The Morgan fingerprint density at radius 1 is 0.931 bits per heavy atom. The maximum Gasteiger partial charge on any atom is 0.257 e. The number of carbonyl (C=O) groups is 3. The molecule has 1 aromatic rings. The third-order valence-corrected chi connectivity index (χ3v) is 6.80. The van der Waals surface area contributed by atoms with Gasteiger partial charge in [-0.15, -0.1) is 0 Å². The third kappa shape index (κ3) is 4.54. The third-order valence-electron chi connectivity index (χ3n) is 6.80. The van der Waals surface area contributed by atoms with E-state index in [1.54, 1.807) is 31.4 Å². The van der Waals surface area contributed by atoms with E-state index in [1.165, 1.54) is 19.3 Å². The SMILES string of the molecule is COc1ccc(C(=O)NCC(=O)NNC(=O)CC23CC4CC(CC(C4)C2)C3)cc1. The van der Waals surface area contributed by atoms with E-state index in [-0.39, 0.29) is 23.8 Å². The summed E-state index contributed by atoms with van der Waals surface area (Å²) in [6, 6.07) is 6.61. The number of benzene rings is 1. The van der Waals surface area contributed by atoms with Crippen LogP contribution >= 0.6 is 0 Å². The second kappa shape index (κ2) is 8.05. The Labute approximate surface area is 170 Å². The van der Waals surface area contributed by atoms with Gasteiger partial charge in [-0.1, -0.05) is 0 Å². The van der Waals surface area contributed by atoms with Crippen LogP contribution in [-0.2, 0) is 9.59 Å². The highest BCUT2D eigenvalue weighted by Gasteiger charge is 2.51. The summed E-state index contributed by atoms with van der Waals surface area (Å²) in [5.74, 6) is 2.07. The standard InChI is InChI=1S/C22H29N3O4/c1-29-18-4-2-17(3-5-18)21(28)23-13-20(27)25-24-19(26)12-22-9-14-6-15(10-22)8-16(7-14)11-22/h2-5,14-16H,6-13H2,1H3,(H,23,28)(H,24,26)(H,25,27). The zero-order valence-electron chi connectivity index (χ0n) is 16.8. The first-order valence-electron chi connectivity index (χ1n) is 10.4. The molecule has 4 aliphatic carbocycles. The van der Waals surface area contributed by atoms with Gasteiger partial charge in [-0.3, -0.25) is 25.2 Å². The molecule has 0 aliphatic heterocycles. The van der Waals surface area contributed by atoms with E-state index in [0.29, 0.717) is 17.7 Å². The molecule has 4 bridgehead atoms. The first-order chi connectivity index (χ1) is 13.9. The Bertz CT molecular complexity index is 754. The fraction of sp³-hybridized carbons (Fsp3) is 0.591. The van der Waals surface area contributed by atoms with Crippen molar-refractivity contribution in [1.29, 1.82) is 0 Å². The first kappa shape index (κ1) is 19.7. The molecule has 7 nitrogen and oxygen atoms in total. The van der Waals surface area contributed by atoms with Gasteiger partial charge in [-0.25, -0.2) is 0 Å². The molecular weight excluding hydrogens is 370 g/mol. The van der Waals surface area contributed by atoms with Crippen LogP contribution in [0.25, 0.3) is 0 Å². The molecular formula is C22H29N3O4. The summed E-state index contributed by atoms with van der Waals surface area (Å²) in [5.41, 5.74) is 5.51. The monoisotopic (exact) mass is 399 g/mol. The van der Waals surface area contributed by atoms with E-state index in [1.807, 2.05) is 0 Å². The van der Waals surface area contributed by atoms with Crippen LogP contribution in [0, 0.1) is 23.2 Å². The zero-order valence-corrected chi connectivity index (χ0v) is 16.8. The minimum Gasteiger partial charge on any atom is -0.497 e. The molecule has 0 atom stereocenters. The Hall–Kier alpha value is -2.57. The van der Waals surface area contributed by atoms with Crippen molar-refractivity contribution in [2.75, 3.05) is 13.7 Å². The number of hydrogen-bond acceptors (Lipinski definition) is 4. The van der Waals surface area contributed by atoms with Crippen LogP contribution in [0.2, 0.25) is 0 Å². The molecule has 0 saturated heterocycles. The van der Waals surface area contributed by atoms with E-state index in [9.17, 15) is 14.4 Å². The quantitative estimate of drug-likeness (QED) is 0.639. The molecule has 4 fully saturated rings. The van der Waals surface area contributed by atoms with Crippen LogP contribution in [0.1, 0.15) is 55.3 Å². The number of methoxy groups -OCH3 is 1. The highest BCUT2D eigenvalue weighted by molar-refractivity contribution is 5.96. The zero-order chi connectivity index (χ0) is 20.4. The Morgan fingerprint density at radius 2 is 1.48 bits per heavy atom. The second-order valence-electron chi connectivity index (χ2n) is 9.10. The van der Waals surface area contributed by atoms with Crippen molar-refractivity contribution < 1.29 is 19.1 Å². The minimum atomic E-state index is -0.453. The van der Waals surface area contributed by atoms with Crippen molar-refractivity contribution >= 4 is 17.7 Å². The number of ether oxygens (including phenoxy) is 1. The van der Waals surface area contributed by atoms with Gasteiger partial charge in [0.25, 0.3) is 11.8 Å². The Kier molecular flexibility index (Phi) is 5.48. The van der Waals surface area contributed by atoms with E-state index >= 15 is 0 Å². The van der Waals surface area contributed by atoms with E-state index in [4.69, 9.17) is 4.74 Å². The molecule has 0 radical (unpaired) electrons. The largest absolute Gasteiger partial charge is 0.497 e. The van der Waals surface area contributed by atoms with Crippen LogP contribution in [-0.4, -0.2) is 31.4 Å². The molecule has 0 heterocycles. The number of hydrogen-bond donors (Lipinski definition) is 3. The van der Waals surface area contributed by atoms with Crippen molar-refractivity contribution in [2.24, 2.45) is 23.2 Å². The maximum atomic E-state index is 12.4. The lowest BCUT2D eigenvalue weighted by molar-refractivity contribution is -0.134. The maximum absolute atomic E-state index is 12.4. The van der Waals surface area contributed by atoms with Crippen LogP contribution < -0.4 is 20.9 Å². The highest BCUT2D eigenvalue weighted by atomic mass is 16.5. The number of nitrogens with one attached hydrogen (secondary N) is 3. The van der Waals surface area contributed by atoms with Gasteiger partial charge in [0, 0.05) is 12.0 Å². The Balaban J connectivity index is 1.19. The predicted molar refractivity (Wildman–Crippen MR) is 107 cm³/mol. The highest BCUT2D eigenvalue weighted by Crippen LogP contribution is 2.61. The number of amides is 3. The van der Waals surface area contributed by atoms with Gasteiger partial charge in [0.1, 0.15) is 5.75 Å². The van der Waals surface area contributed by atoms with Crippen molar-refractivity contribution in [3.8, 4) is 5.75 Å². The molecule has 7 heteroatoms. The van der Waals surface area contributed by atoms with Crippen LogP contribution in [0.4, 0.5) is 0 Å². The molecule has 5 rings (SSSR count). The van der Waals surface area contributed by atoms with Gasteiger partial charge in [-0.2, -0.15) is 0 Å². The summed E-state index contributed by atoms with van der Waals surface area (Å²) < 4.78 is 5.05. The summed E-state index contributed by atoms with van der Waals surface area (Å²) in [7, 11) is 1.55. The van der Waals surface area contributed by atoms with Crippen LogP contribution in [0.3, 0.4) is 0 Å². The molecule has 1 aromatic carbocycles. The van der Waals surface area contributed by atoms with Gasteiger partial charge >= 0.3 is 0 Å². The molecule has 4 saturated carbocycles. The Morgan fingerprint density at radius 3 is 2.03 bits per heavy atom. The molecule has 156 valence electrons. The lowest BCUT2D eigenvalue weighted by atomic mass is 9.49. The molecule has 0 unspecified atom stereocenters. The molecule has 4 aliphatic rings. The average Bonchev–Trinajstić information content (AvgIpc) is 2.69. The lowest BCUT2D eigenvalue weighted by Gasteiger charge is -2.56. The molecule has 0 spiro atoms. The molecule has 3 amide bonds. The van der Waals surface area contributed by atoms with Crippen LogP contribution in [0.15, 0.2) is 24.3 Å².